The van der Waals surface area contributed by atoms with Crippen LogP contribution in [-0.2, 0) is 38.6 Å². The number of rotatable bonds is 13. The van der Waals surface area contributed by atoms with Crippen molar-refractivity contribution >= 4 is 17.8 Å². The summed E-state index contributed by atoms with van der Waals surface area (Å²) in [4.78, 5) is 56.6. The summed E-state index contributed by atoms with van der Waals surface area (Å²) in [6.07, 6.45) is 7.19. The lowest BCUT2D eigenvalue weighted by Gasteiger charge is -2.30. The highest BCUT2D eigenvalue weighted by atomic mass is 16.5. The van der Waals surface area contributed by atoms with E-state index in [1.54, 1.807) is 24.8 Å². The van der Waals surface area contributed by atoms with Gasteiger partial charge in [0.2, 0.25) is 11.8 Å². The third-order valence-electron chi connectivity index (χ3n) is 6.41. The van der Waals surface area contributed by atoms with E-state index >= 15 is 0 Å². The van der Waals surface area contributed by atoms with E-state index in [0.29, 0.717) is 13.1 Å². The molecule has 4 rings (SSSR count). The highest BCUT2D eigenvalue weighted by Gasteiger charge is 2.26. The predicted octanol–water partition coefficient (Wildman–Crippen LogP) is 2.39. The van der Waals surface area contributed by atoms with E-state index in [1.165, 1.54) is 14.0 Å². The highest BCUT2D eigenvalue weighted by molar-refractivity contribution is 5.89. The first-order valence-corrected chi connectivity index (χ1v) is 13.4. The van der Waals surface area contributed by atoms with Crippen molar-refractivity contribution in [3.8, 4) is 0 Å². The van der Waals surface area contributed by atoms with Crippen molar-refractivity contribution in [2.75, 3.05) is 13.7 Å². The molecule has 0 aromatic carbocycles. The second kappa shape index (κ2) is 15.1. The third kappa shape index (κ3) is 8.73. The molecular weight excluding hydrogens is 534 g/mol. The quantitative estimate of drug-likeness (QED) is 0.233. The molecule has 2 N–H and O–H groups in total. The van der Waals surface area contributed by atoms with Gasteiger partial charge in [0.15, 0.2) is 0 Å². The number of aromatic nitrogens is 4. The van der Waals surface area contributed by atoms with Gasteiger partial charge in [-0.15, -0.1) is 0 Å². The Morgan fingerprint density at radius 2 is 1.43 bits per heavy atom. The normalized spacial score (nSPS) is 11.6. The van der Waals surface area contributed by atoms with Crippen LogP contribution < -0.4 is 10.6 Å². The van der Waals surface area contributed by atoms with Gasteiger partial charge in [0.1, 0.15) is 12.6 Å². The molecule has 4 aromatic rings. The van der Waals surface area contributed by atoms with E-state index in [-0.39, 0.29) is 24.9 Å². The fraction of sp³-hybridized carbons (Fsp3) is 0.258. The summed E-state index contributed by atoms with van der Waals surface area (Å²) in [6.45, 7) is 2.02. The van der Waals surface area contributed by atoms with Gasteiger partial charge >= 0.3 is 5.97 Å². The largest absolute Gasteiger partial charge is 0.468 e. The van der Waals surface area contributed by atoms with Gasteiger partial charge in [0.25, 0.3) is 0 Å². The first-order valence-electron chi connectivity index (χ1n) is 13.4. The number of hydrogen-bond acceptors (Lipinski definition) is 9. The molecule has 0 saturated heterocycles. The molecule has 11 nitrogen and oxygen atoms in total. The first-order chi connectivity index (χ1) is 20.4. The minimum Gasteiger partial charge on any atom is -0.468 e. The van der Waals surface area contributed by atoms with Crippen LogP contribution in [0.5, 0.6) is 0 Å². The monoisotopic (exact) mass is 567 g/mol. The fourth-order valence-corrected chi connectivity index (χ4v) is 4.46. The van der Waals surface area contributed by atoms with Crippen molar-refractivity contribution in [2.45, 2.75) is 38.5 Å². The minimum atomic E-state index is -0.877. The number of hydrogen-bond donors (Lipinski definition) is 2. The van der Waals surface area contributed by atoms with Crippen LogP contribution in [0.3, 0.4) is 0 Å². The lowest BCUT2D eigenvalue weighted by molar-refractivity contribution is -0.141. The smallest absolute Gasteiger partial charge is 0.325 e. The van der Waals surface area contributed by atoms with Crippen molar-refractivity contribution in [1.29, 1.82) is 0 Å². The van der Waals surface area contributed by atoms with Crippen LogP contribution in [0.2, 0.25) is 0 Å². The SMILES string of the molecule is COC(=O)CNC(=O)[C@H](Cc1ccc(CN(Cc2ccccn2)C(c2ccccn2)c2ccccn2)nc1)NC(C)=O. The number of pyridine rings is 4. The number of nitrogens with one attached hydrogen (secondary N) is 2. The van der Waals surface area contributed by atoms with Gasteiger partial charge in [-0.1, -0.05) is 24.3 Å². The maximum absolute atomic E-state index is 12.7. The Bertz CT molecular complexity index is 1400. The van der Waals surface area contributed by atoms with E-state index in [0.717, 1.165) is 28.3 Å². The molecule has 4 heterocycles. The van der Waals surface area contributed by atoms with Gasteiger partial charge < -0.3 is 15.4 Å². The zero-order valence-electron chi connectivity index (χ0n) is 23.5. The zero-order valence-corrected chi connectivity index (χ0v) is 23.5. The van der Waals surface area contributed by atoms with Crippen LogP contribution in [0.15, 0.2) is 91.5 Å². The van der Waals surface area contributed by atoms with E-state index in [9.17, 15) is 14.4 Å². The zero-order chi connectivity index (χ0) is 29.7. The van der Waals surface area contributed by atoms with E-state index < -0.39 is 17.9 Å². The van der Waals surface area contributed by atoms with Gasteiger partial charge in [-0.05, 0) is 48.0 Å². The second-order valence-electron chi connectivity index (χ2n) is 9.55. The molecule has 0 unspecified atom stereocenters. The van der Waals surface area contributed by atoms with Crippen LogP contribution in [0.25, 0.3) is 0 Å². The average Bonchev–Trinajstić information content (AvgIpc) is 3.01. The summed E-state index contributed by atoms with van der Waals surface area (Å²) in [5.74, 6) is -1.44. The molecule has 0 saturated carbocycles. The van der Waals surface area contributed by atoms with Gasteiger partial charge in [0.05, 0.1) is 35.9 Å². The standard InChI is InChI=1S/C31H33N7O4/c1-22(39)37-28(31(41)36-19-29(40)42-2)17-23-12-13-25(35-18-23)21-38(20-24-9-3-6-14-32-24)30(26-10-4-7-15-33-26)27-11-5-8-16-34-27/h3-16,18,28,30H,17,19-21H2,1-2H3,(H,36,41)(H,37,39)/t28-/m0/s1. The summed E-state index contributed by atoms with van der Waals surface area (Å²) in [7, 11) is 1.24. The lowest BCUT2D eigenvalue weighted by atomic mass is 10.0. The van der Waals surface area contributed by atoms with Crippen molar-refractivity contribution in [3.63, 3.8) is 0 Å². The van der Waals surface area contributed by atoms with E-state index in [1.807, 2.05) is 66.7 Å². The number of amides is 2. The summed E-state index contributed by atoms with van der Waals surface area (Å²) in [5, 5.41) is 5.13. The van der Waals surface area contributed by atoms with Crippen LogP contribution in [0, 0.1) is 0 Å². The molecular formula is C31H33N7O4. The molecule has 0 aliphatic rings. The number of nitrogens with zero attached hydrogens (tertiary/aromatic N) is 5. The Morgan fingerprint density at radius 3 is 1.93 bits per heavy atom. The molecule has 4 aromatic heterocycles. The van der Waals surface area contributed by atoms with Crippen molar-refractivity contribution in [3.05, 3.63) is 120 Å². The molecule has 216 valence electrons. The molecule has 2 amide bonds. The molecule has 0 radical (unpaired) electrons. The topological polar surface area (TPSA) is 139 Å². The number of methoxy groups -OCH3 is 1. The van der Waals surface area contributed by atoms with Gasteiger partial charge in [-0.3, -0.25) is 39.2 Å². The predicted molar refractivity (Wildman–Crippen MR) is 154 cm³/mol. The molecule has 11 heteroatoms. The summed E-state index contributed by atoms with van der Waals surface area (Å²) < 4.78 is 4.57. The van der Waals surface area contributed by atoms with E-state index in [4.69, 9.17) is 0 Å². The summed E-state index contributed by atoms with van der Waals surface area (Å²) in [5.41, 5.74) is 4.12. The highest BCUT2D eigenvalue weighted by Crippen LogP contribution is 2.28. The van der Waals surface area contributed by atoms with Gasteiger partial charge in [-0.25, -0.2) is 0 Å². The fourth-order valence-electron chi connectivity index (χ4n) is 4.46. The Balaban J connectivity index is 1.57. The van der Waals surface area contributed by atoms with E-state index in [2.05, 4.69) is 40.2 Å². The number of ether oxygens (including phenoxy) is 1. The van der Waals surface area contributed by atoms with Crippen molar-refractivity contribution < 1.29 is 19.1 Å². The maximum atomic E-state index is 12.7. The number of esters is 1. The van der Waals surface area contributed by atoms with Gasteiger partial charge in [0, 0.05) is 51.2 Å². The summed E-state index contributed by atoms with van der Waals surface area (Å²) >= 11 is 0. The molecule has 0 bridgehead atoms. The molecule has 0 aliphatic heterocycles. The Morgan fingerprint density at radius 1 is 0.810 bits per heavy atom. The van der Waals surface area contributed by atoms with Gasteiger partial charge in [-0.2, -0.15) is 0 Å². The van der Waals surface area contributed by atoms with Crippen molar-refractivity contribution in [1.82, 2.24) is 35.5 Å². The van der Waals surface area contributed by atoms with Crippen LogP contribution in [0.4, 0.5) is 0 Å². The Labute approximate surface area is 244 Å². The van der Waals surface area contributed by atoms with Crippen LogP contribution in [-0.4, -0.2) is 62.3 Å². The molecule has 0 fully saturated rings. The Hall–Kier alpha value is -5.03. The lowest BCUT2D eigenvalue weighted by Crippen LogP contribution is -2.48. The second-order valence-corrected chi connectivity index (χ2v) is 9.55. The first kappa shape index (κ1) is 29.9. The maximum Gasteiger partial charge on any atom is 0.325 e. The number of carbonyl (C=O) groups is 3. The molecule has 0 aliphatic carbocycles. The van der Waals surface area contributed by atoms with Crippen LogP contribution in [0.1, 0.15) is 41.3 Å². The third-order valence-corrected chi connectivity index (χ3v) is 6.41. The average molecular weight is 568 g/mol. The summed E-state index contributed by atoms with van der Waals surface area (Å²) in [6, 6.07) is 20.1. The van der Waals surface area contributed by atoms with Crippen molar-refractivity contribution in [2.24, 2.45) is 0 Å². The minimum absolute atomic E-state index is 0.196. The Kier molecular flexibility index (Phi) is 10.8. The van der Waals surface area contributed by atoms with Crippen LogP contribution >= 0.6 is 0 Å². The molecule has 42 heavy (non-hydrogen) atoms. The number of carbonyl (C=O) groups excluding carboxylic acids is 3. The molecule has 0 spiro atoms. The molecule has 1 atom stereocenters.